The number of alkyl halides is 3. The number of rotatable bonds is 4. The Labute approximate surface area is 150 Å². The molecule has 1 amide bonds. The van der Waals surface area contributed by atoms with Crippen molar-refractivity contribution in [1.29, 1.82) is 0 Å². The average Bonchev–Trinajstić information content (AvgIpc) is 2.52. The van der Waals surface area contributed by atoms with Crippen LogP contribution in [0.3, 0.4) is 0 Å². The second-order valence-electron chi connectivity index (χ2n) is 4.97. The summed E-state index contributed by atoms with van der Waals surface area (Å²) in [5.74, 6) is -1.60. The van der Waals surface area contributed by atoms with Gasteiger partial charge in [0.1, 0.15) is 5.78 Å². The van der Waals surface area contributed by atoms with Crippen molar-refractivity contribution in [3.05, 3.63) is 60.7 Å². The van der Waals surface area contributed by atoms with Crippen LogP contribution in [0.15, 0.2) is 60.7 Å². The average molecular weight is 391 g/mol. The van der Waals surface area contributed by atoms with E-state index in [1.165, 1.54) is 6.92 Å². The Morgan fingerprint density at radius 3 is 1.65 bits per heavy atom. The first-order valence-corrected chi connectivity index (χ1v) is 9.72. The lowest BCUT2D eigenvalue weighted by atomic mass is 10.4. The maximum Gasteiger partial charge on any atom is 0.218 e. The standard InChI is InChI=1S/C16H15Cl3NO2P/c1-12(21)20-15(16(17,18)19)23(22,13-8-4-2-5-9-13)14-10-6-3-7-11-14/h2-11,15H,1H3,(H,20,21)/t15-/m1/s1. The summed E-state index contributed by atoms with van der Waals surface area (Å²) < 4.78 is 12.1. The van der Waals surface area contributed by atoms with E-state index in [9.17, 15) is 9.36 Å². The van der Waals surface area contributed by atoms with Crippen LogP contribution in [0.4, 0.5) is 0 Å². The normalized spacial score (nSPS) is 13.4. The first-order chi connectivity index (χ1) is 10.8. The van der Waals surface area contributed by atoms with Gasteiger partial charge >= 0.3 is 0 Å². The third kappa shape index (κ3) is 4.10. The Hall–Kier alpha value is -0.990. The molecule has 3 nitrogen and oxygen atoms in total. The summed E-state index contributed by atoms with van der Waals surface area (Å²) in [7, 11) is -3.44. The van der Waals surface area contributed by atoms with Gasteiger partial charge in [0.2, 0.25) is 9.70 Å². The van der Waals surface area contributed by atoms with Gasteiger partial charge in [0.05, 0.1) is 0 Å². The molecule has 0 unspecified atom stereocenters. The molecule has 0 saturated carbocycles. The van der Waals surface area contributed by atoms with Crippen LogP contribution in [0.2, 0.25) is 0 Å². The number of nitrogens with one attached hydrogen (secondary N) is 1. The molecular weight excluding hydrogens is 376 g/mol. The van der Waals surface area contributed by atoms with Crippen molar-refractivity contribution < 1.29 is 9.36 Å². The summed E-state index contributed by atoms with van der Waals surface area (Å²) in [6.45, 7) is 1.30. The van der Waals surface area contributed by atoms with E-state index in [2.05, 4.69) is 5.32 Å². The smallest absolute Gasteiger partial charge is 0.218 e. The summed E-state index contributed by atoms with van der Waals surface area (Å²) in [4.78, 5) is 11.6. The molecule has 2 aromatic carbocycles. The molecule has 1 atom stereocenters. The molecule has 1 N–H and O–H groups in total. The van der Waals surface area contributed by atoms with Crippen molar-refractivity contribution in [2.24, 2.45) is 0 Å². The van der Waals surface area contributed by atoms with Gasteiger partial charge in [-0.05, 0) is 0 Å². The number of hydrogen-bond acceptors (Lipinski definition) is 2. The fraction of sp³-hybridized carbons (Fsp3) is 0.188. The Morgan fingerprint density at radius 1 is 0.957 bits per heavy atom. The molecule has 0 saturated heterocycles. The molecule has 0 radical (unpaired) electrons. The molecule has 0 aliphatic heterocycles. The summed E-state index contributed by atoms with van der Waals surface area (Å²) in [6, 6.07) is 17.5. The van der Waals surface area contributed by atoms with Crippen molar-refractivity contribution in [3.8, 4) is 0 Å². The lowest BCUT2D eigenvalue weighted by Crippen LogP contribution is -2.47. The number of carbonyl (C=O) groups excluding carboxylic acids is 1. The highest BCUT2D eigenvalue weighted by Gasteiger charge is 2.48. The Kier molecular flexibility index (Phi) is 5.80. The van der Waals surface area contributed by atoms with Crippen LogP contribution in [-0.2, 0) is 9.36 Å². The number of halogens is 3. The van der Waals surface area contributed by atoms with Crippen LogP contribution in [0.25, 0.3) is 0 Å². The van der Waals surface area contributed by atoms with E-state index >= 15 is 0 Å². The van der Waals surface area contributed by atoms with Gasteiger partial charge < -0.3 is 9.88 Å². The van der Waals surface area contributed by atoms with Gasteiger partial charge in [0, 0.05) is 17.5 Å². The molecule has 7 heteroatoms. The Balaban J connectivity index is 2.71. The molecular formula is C16H15Cl3NO2P. The highest BCUT2D eigenvalue weighted by molar-refractivity contribution is 7.79. The molecule has 122 valence electrons. The molecule has 23 heavy (non-hydrogen) atoms. The van der Waals surface area contributed by atoms with E-state index in [0.29, 0.717) is 10.6 Å². The SMILES string of the molecule is CC(=O)N[C@@H](C(Cl)(Cl)Cl)P(=O)(c1ccccc1)c1ccccc1. The van der Waals surface area contributed by atoms with E-state index in [1.54, 1.807) is 48.5 Å². The lowest BCUT2D eigenvalue weighted by molar-refractivity contribution is -0.119. The molecule has 2 aromatic rings. The van der Waals surface area contributed by atoms with Crippen molar-refractivity contribution >= 4 is 58.5 Å². The fourth-order valence-electron chi connectivity index (χ4n) is 2.32. The number of hydrogen-bond donors (Lipinski definition) is 1. The molecule has 0 bridgehead atoms. The number of carbonyl (C=O) groups is 1. The highest BCUT2D eigenvalue weighted by atomic mass is 35.6. The van der Waals surface area contributed by atoms with Crippen LogP contribution in [0.1, 0.15) is 6.92 Å². The van der Waals surface area contributed by atoms with Gasteiger partial charge in [-0.2, -0.15) is 0 Å². The van der Waals surface area contributed by atoms with E-state index in [0.717, 1.165) is 0 Å². The maximum absolute atomic E-state index is 14.0. The van der Waals surface area contributed by atoms with Crippen LogP contribution >= 0.6 is 41.9 Å². The van der Waals surface area contributed by atoms with Crippen molar-refractivity contribution in [1.82, 2.24) is 5.32 Å². The van der Waals surface area contributed by atoms with E-state index in [-0.39, 0.29) is 0 Å². The minimum absolute atomic E-state index is 0.423. The topological polar surface area (TPSA) is 46.2 Å². The number of amides is 1. The zero-order valence-corrected chi connectivity index (χ0v) is 15.4. The van der Waals surface area contributed by atoms with Gasteiger partial charge in [-0.3, -0.25) is 4.79 Å². The van der Waals surface area contributed by atoms with Gasteiger partial charge in [0.15, 0.2) is 7.14 Å². The summed E-state index contributed by atoms with van der Waals surface area (Å²) in [5, 5.41) is 3.58. The van der Waals surface area contributed by atoms with Gasteiger partial charge in [-0.1, -0.05) is 95.5 Å². The van der Waals surface area contributed by atoms with Gasteiger partial charge in [-0.15, -0.1) is 0 Å². The zero-order valence-electron chi connectivity index (χ0n) is 12.2. The second-order valence-corrected chi connectivity index (χ2v) is 10.2. The zero-order chi connectivity index (χ0) is 17.1. The minimum Gasteiger partial charge on any atom is -0.342 e. The molecule has 2 rings (SSSR count). The van der Waals surface area contributed by atoms with E-state index in [1.807, 2.05) is 12.1 Å². The summed E-state index contributed by atoms with van der Waals surface area (Å²) >= 11 is 18.2. The maximum atomic E-state index is 14.0. The van der Waals surface area contributed by atoms with E-state index < -0.39 is 22.6 Å². The predicted molar refractivity (Wildman–Crippen MR) is 97.7 cm³/mol. The van der Waals surface area contributed by atoms with Gasteiger partial charge in [0.25, 0.3) is 0 Å². The molecule has 0 heterocycles. The molecule has 0 fully saturated rings. The largest absolute Gasteiger partial charge is 0.342 e. The van der Waals surface area contributed by atoms with Crippen LogP contribution in [0.5, 0.6) is 0 Å². The van der Waals surface area contributed by atoms with Crippen molar-refractivity contribution in [3.63, 3.8) is 0 Å². The second kappa shape index (κ2) is 7.27. The first-order valence-electron chi connectivity index (χ1n) is 6.81. The predicted octanol–water partition coefficient (Wildman–Crippen LogP) is 3.83. The van der Waals surface area contributed by atoms with Crippen molar-refractivity contribution in [2.75, 3.05) is 0 Å². The van der Waals surface area contributed by atoms with Crippen LogP contribution in [-0.4, -0.2) is 15.5 Å². The molecule has 0 aliphatic rings. The van der Waals surface area contributed by atoms with Crippen molar-refractivity contribution in [2.45, 2.75) is 16.5 Å². The quantitative estimate of drug-likeness (QED) is 0.637. The van der Waals surface area contributed by atoms with Crippen LogP contribution < -0.4 is 15.9 Å². The number of benzene rings is 2. The first kappa shape index (κ1) is 18.4. The third-order valence-corrected chi connectivity index (χ3v) is 7.78. The summed E-state index contributed by atoms with van der Waals surface area (Å²) in [6.07, 6.45) is 0. The molecule has 0 aromatic heterocycles. The minimum atomic E-state index is -3.44. The fourth-order valence-corrected chi connectivity index (χ4v) is 6.62. The highest BCUT2D eigenvalue weighted by Crippen LogP contribution is 2.55. The molecule has 0 spiro atoms. The van der Waals surface area contributed by atoms with E-state index in [4.69, 9.17) is 34.8 Å². The monoisotopic (exact) mass is 389 g/mol. The summed E-state index contributed by atoms with van der Waals surface area (Å²) in [5.41, 5.74) is 0. The lowest BCUT2D eigenvalue weighted by Gasteiger charge is -2.33. The third-order valence-electron chi connectivity index (χ3n) is 3.29. The Bertz CT molecular complexity index is 674. The van der Waals surface area contributed by atoms with Crippen LogP contribution in [0, 0.1) is 0 Å². The Morgan fingerprint density at radius 2 is 1.35 bits per heavy atom. The van der Waals surface area contributed by atoms with Gasteiger partial charge in [-0.25, -0.2) is 0 Å². The molecule has 0 aliphatic carbocycles.